The van der Waals surface area contributed by atoms with Crippen molar-refractivity contribution in [2.24, 2.45) is 0 Å². The number of amides is 1. The number of unbranched alkanes of at least 4 members (excludes halogenated alkanes) is 2. The Morgan fingerprint density at radius 2 is 1.97 bits per heavy atom. The van der Waals surface area contributed by atoms with Gasteiger partial charge < -0.3 is 20.0 Å². The number of fused-ring (bicyclic) bond motifs is 3. The van der Waals surface area contributed by atoms with Crippen LogP contribution in [0, 0.1) is 0 Å². The van der Waals surface area contributed by atoms with Gasteiger partial charge in [-0.25, -0.2) is 9.97 Å². The number of hydrogen-bond acceptors (Lipinski definition) is 5. The fourth-order valence-corrected chi connectivity index (χ4v) is 3.70. The van der Waals surface area contributed by atoms with E-state index in [1.807, 2.05) is 43.6 Å². The van der Waals surface area contributed by atoms with Gasteiger partial charge in [0, 0.05) is 24.8 Å². The molecule has 0 aliphatic carbocycles. The minimum Gasteiger partial charge on any atom is -0.464 e. The van der Waals surface area contributed by atoms with E-state index >= 15 is 0 Å². The van der Waals surface area contributed by atoms with Gasteiger partial charge in [-0.15, -0.1) is 0 Å². The van der Waals surface area contributed by atoms with Gasteiger partial charge in [-0.05, 0) is 31.0 Å². The largest absolute Gasteiger partial charge is 0.464 e. The summed E-state index contributed by atoms with van der Waals surface area (Å²) in [5.74, 6) is 2.26. The maximum atomic E-state index is 12.1. The van der Waals surface area contributed by atoms with Gasteiger partial charge in [0.25, 0.3) is 0 Å². The Balaban J connectivity index is 1.27. The molecule has 0 spiro atoms. The fraction of sp³-hybridized carbons (Fsp3) is 0.348. The number of carbonyl (C=O) groups excluding carboxylic acids is 1. The third kappa shape index (κ3) is 4.30. The van der Waals surface area contributed by atoms with E-state index in [2.05, 4.69) is 25.9 Å². The maximum absolute atomic E-state index is 12.1. The van der Waals surface area contributed by atoms with Crippen LogP contribution in [0.4, 0.5) is 5.82 Å². The van der Waals surface area contributed by atoms with Gasteiger partial charge in [0.05, 0.1) is 23.9 Å². The molecule has 4 rings (SSSR count). The molecule has 1 aromatic carbocycles. The minimum atomic E-state index is 0.0578. The smallest absolute Gasteiger partial charge is 0.220 e. The van der Waals surface area contributed by atoms with Crippen LogP contribution >= 0.6 is 0 Å². The number of furan rings is 1. The molecule has 7 nitrogen and oxygen atoms in total. The summed E-state index contributed by atoms with van der Waals surface area (Å²) in [6, 6.07) is 11.8. The number of benzene rings is 1. The molecule has 0 bridgehead atoms. The standard InChI is InChI=1S/C23H27N5O2/c1-2-16-11-12-17(30-16)14-25-20(29)10-4-3-7-13-28-15-26-21-22(28)18-8-5-6-9-19(18)27-23(21)24/h5-6,8-9,11-12,15H,2-4,7,10,13-14H2,1H3,(H2,24,27)(H,25,29). The van der Waals surface area contributed by atoms with E-state index in [0.29, 0.717) is 18.8 Å². The van der Waals surface area contributed by atoms with Gasteiger partial charge in [0.15, 0.2) is 5.82 Å². The number of nitrogens with zero attached hydrogens (tertiary/aromatic N) is 3. The van der Waals surface area contributed by atoms with Crippen LogP contribution in [0.3, 0.4) is 0 Å². The van der Waals surface area contributed by atoms with Crippen LogP contribution in [0.25, 0.3) is 21.9 Å². The van der Waals surface area contributed by atoms with E-state index in [0.717, 1.165) is 65.7 Å². The summed E-state index contributed by atoms with van der Waals surface area (Å²) < 4.78 is 7.74. The highest BCUT2D eigenvalue weighted by Gasteiger charge is 2.12. The third-order valence-corrected chi connectivity index (χ3v) is 5.31. The highest BCUT2D eigenvalue weighted by molar-refractivity contribution is 6.06. The van der Waals surface area contributed by atoms with Gasteiger partial charge in [-0.1, -0.05) is 31.5 Å². The van der Waals surface area contributed by atoms with Crippen LogP contribution in [0.15, 0.2) is 47.1 Å². The normalized spacial score (nSPS) is 11.4. The van der Waals surface area contributed by atoms with Crippen molar-refractivity contribution in [3.8, 4) is 0 Å². The lowest BCUT2D eigenvalue weighted by Gasteiger charge is -2.08. The first-order valence-corrected chi connectivity index (χ1v) is 10.5. The summed E-state index contributed by atoms with van der Waals surface area (Å²) in [4.78, 5) is 21.0. The van der Waals surface area contributed by atoms with Gasteiger partial charge >= 0.3 is 0 Å². The van der Waals surface area contributed by atoms with Crippen LogP contribution < -0.4 is 11.1 Å². The van der Waals surface area contributed by atoms with Gasteiger partial charge in [-0.3, -0.25) is 4.79 Å². The number of carbonyl (C=O) groups is 1. The number of aromatic nitrogens is 3. The second-order valence-corrected chi connectivity index (χ2v) is 7.46. The second-order valence-electron chi connectivity index (χ2n) is 7.46. The summed E-state index contributed by atoms with van der Waals surface area (Å²) in [5.41, 5.74) is 8.74. The van der Waals surface area contributed by atoms with Crippen molar-refractivity contribution < 1.29 is 9.21 Å². The topological polar surface area (TPSA) is 99.0 Å². The number of nitrogen functional groups attached to an aromatic ring is 1. The molecule has 0 unspecified atom stereocenters. The first-order valence-electron chi connectivity index (χ1n) is 10.5. The third-order valence-electron chi connectivity index (χ3n) is 5.31. The van der Waals surface area contributed by atoms with Crippen LogP contribution in [0.1, 0.15) is 44.1 Å². The quantitative estimate of drug-likeness (QED) is 0.407. The summed E-state index contributed by atoms with van der Waals surface area (Å²) in [5, 5.41) is 3.98. The van der Waals surface area contributed by atoms with E-state index in [1.54, 1.807) is 0 Å². The SMILES string of the molecule is CCc1ccc(CNC(=O)CCCCCn2cnc3c(N)nc4ccccc4c32)o1. The number of aryl methyl sites for hydroxylation is 2. The molecule has 0 radical (unpaired) electrons. The molecule has 3 N–H and O–H groups in total. The first kappa shape index (κ1) is 19.9. The Bertz CT molecular complexity index is 1160. The van der Waals surface area contributed by atoms with Crippen LogP contribution in [-0.4, -0.2) is 20.4 Å². The zero-order valence-electron chi connectivity index (χ0n) is 17.2. The Hall–Kier alpha value is -3.35. The van der Waals surface area contributed by atoms with Crippen molar-refractivity contribution in [2.45, 2.75) is 52.1 Å². The summed E-state index contributed by atoms with van der Waals surface area (Å²) in [6.45, 7) is 3.32. The lowest BCUT2D eigenvalue weighted by Crippen LogP contribution is -2.22. The molecule has 0 saturated carbocycles. The Labute approximate surface area is 175 Å². The number of nitrogens with two attached hydrogens (primary N) is 1. The Kier molecular flexibility index (Phi) is 5.97. The van der Waals surface area contributed by atoms with Crippen molar-refractivity contribution in [3.63, 3.8) is 0 Å². The van der Waals surface area contributed by atoms with E-state index in [-0.39, 0.29) is 5.91 Å². The van der Waals surface area contributed by atoms with Gasteiger partial charge in [0.2, 0.25) is 5.91 Å². The monoisotopic (exact) mass is 405 g/mol. The summed E-state index contributed by atoms with van der Waals surface area (Å²) >= 11 is 0. The average molecular weight is 406 g/mol. The molecule has 3 aromatic heterocycles. The maximum Gasteiger partial charge on any atom is 0.220 e. The molecule has 156 valence electrons. The molecular weight excluding hydrogens is 378 g/mol. The van der Waals surface area contributed by atoms with Gasteiger partial charge in [-0.2, -0.15) is 0 Å². The van der Waals surface area contributed by atoms with Crippen LogP contribution in [0.5, 0.6) is 0 Å². The van der Waals surface area contributed by atoms with Crippen molar-refractivity contribution >= 4 is 33.7 Å². The lowest BCUT2D eigenvalue weighted by atomic mass is 10.1. The predicted octanol–water partition coefficient (Wildman–Crippen LogP) is 4.20. The first-order chi connectivity index (χ1) is 14.7. The van der Waals surface area contributed by atoms with Crippen molar-refractivity contribution in [2.75, 3.05) is 5.73 Å². The number of rotatable bonds is 9. The average Bonchev–Trinajstić information content (AvgIpc) is 3.40. The van der Waals surface area contributed by atoms with Gasteiger partial charge in [0.1, 0.15) is 17.0 Å². The minimum absolute atomic E-state index is 0.0578. The van der Waals surface area contributed by atoms with Crippen LogP contribution in [0.2, 0.25) is 0 Å². The highest BCUT2D eigenvalue weighted by Crippen LogP contribution is 2.27. The zero-order chi connectivity index (χ0) is 20.9. The number of hydrogen-bond donors (Lipinski definition) is 2. The Morgan fingerprint density at radius 1 is 1.13 bits per heavy atom. The molecule has 0 saturated heterocycles. The van der Waals surface area contributed by atoms with E-state index in [4.69, 9.17) is 10.2 Å². The molecule has 0 aliphatic heterocycles. The van der Waals surface area contributed by atoms with Crippen molar-refractivity contribution in [1.82, 2.24) is 19.9 Å². The number of imidazole rings is 1. The Morgan fingerprint density at radius 3 is 2.80 bits per heavy atom. The fourth-order valence-electron chi connectivity index (χ4n) is 3.70. The molecule has 1 amide bonds. The number of para-hydroxylation sites is 1. The number of nitrogens with one attached hydrogen (secondary N) is 1. The van der Waals surface area contributed by atoms with Crippen molar-refractivity contribution in [1.29, 1.82) is 0 Å². The number of pyridine rings is 1. The molecule has 7 heteroatoms. The summed E-state index contributed by atoms with van der Waals surface area (Å²) in [6.07, 6.45) is 5.99. The molecule has 0 aliphatic rings. The lowest BCUT2D eigenvalue weighted by molar-refractivity contribution is -0.121. The van der Waals surface area contributed by atoms with Crippen LogP contribution in [-0.2, 0) is 24.3 Å². The number of anilines is 1. The highest BCUT2D eigenvalue weighted by atomic mass is 16.3. The molecule has 0 atom stereocenters. The predicted molar refractivity (Wildman–Crippen MR) is 118 cm³/mol. The van der Waals surface area contributed by atoms with E-state index < -0.39 is 0 Å². The molecule has 3 heterocycles. The molecule has 30 heavy (non-hydrogen) atoms. The molecule has 4 aromatic rings. The second kappa shape index (κ2) is 8.98. The molecular formula is C23H27N5O2. The van der Waals surface area contributed by atoms with E-state index in [9.17, 15) is 4.79 Å². The van der Waals surface area contributed by atoms with E-state index in [1.165, 1.54) is 0 Å². The zero-order valence-corrected chi connectivity index (χ0v) is 17.2. The van der Waals surface area contributed by atoms with Crippen molar-refractivity contribution in [3.05, 3.63) is 54.2 Å². The summed E-state index contributed by atoms with van der Waals surface area (Å²) in [7, 11) is 0. The molecule has 0 fully saturated rings.